The van der Waals surface area contributed by atoms with E-state index in [9.17, 15) is 28.3 Å². The van der Waals surface area contributed by atoms with Crippen molar-refractivity contribution in [1.29, 1.82) is 0 Å². The number of hydrogen-bond acceptors (Lipinski definition) is 3. The number of alkyl halides is 3. The Hall–Kier alpha value is -3.39. The Morgan fingerprint density at radius 3 is 2.21 bits per heavy atom. The number of aliphatic hydroxyl groups is 1. The third-order valence-corrected chi connectivity index (χ3v) is 5.36. The Balaban J connectivity index is 1.92. The fourth-order valence-corrected chi connectivity index (χ4v) is 3.36. The normalized spacial score (nSPS) is 13.0. The molecule has 0 saturated heterocycles. The summed E-state index contributed by atoms with van der Waals surface area (Å²) >= 11 is 0. The van der Waals surface area contributed by atoms with Gasteiger partial charge in [0.1, 0.15) is 0 Å². The highest BCUT2D eigenvalue weighted by molar-refractivity contribution is 5.96. The Labute approximate surface area is 190 Å². The van der Waals surface area contributed by atoms with Crippen LogP contribution in [0, 0.1) is 12.1 Å². The van der Waals surface area contributed by atoms with Gasteiger partial charge in [-0.2, -0.15) is 17.9 Å². The van der Waals surface area contributed by atoms with E-state index in [2.05, 4.69) is 5.32 Å². The van der Waals surface area contributed by atoms with E-state index in [1.807, 2.05) is 31.2 Å². The minimum Gasteiger partial charge on any atom is -0.618 e. The van der Waals surface area contributed by atoms with E-state index >= 15 is 0 Å². The van der Waals surface area contributed by atoms with E-state index < -0.39 is 29.4 Å². The number of carbonyl (C=O) groups is 1. The van der Waals surface area contributed by atoms with E-state index in [1.165, 1.54) is 0 Å². The molecule has 0 aliphatic heterocycles. The Morgan fingerprint density at radius 1 is 1.03 bits per heavy atom. The number of rotatable bonds is 5. The Morgan fingerprint density at radius 2 is 1.67 bits per heavy atom. The quantitative estimate of drug-likeness (QED) is 0.416. The monoisotopic (exact) mass is 458 g/mol. The largest absolute Gasteiger partial charge is 0.618 e. The van der Waals surface area contributed by atoms with Gasteiger partial charge >= 0.3 is 6.18 Å². The number of hydrogen-bond donors (Lipinski definition) is 2. The number of nitrogens with zero attached hydrogens (tertiary/aromatic N) is 1. The molecule has 1 atom stereocenters. The van der Waals surface area contributed by atoms with Crippen LogP contribution in [0.25, 0.3) is 11.1 Å². The minimum atomic E-state index is -4.77. The number of aryl methyl sites for hydroxylation is 1. The van der Waals surface area contributed by atoms with E-state index in [4.69, 9.17) is 0 Å². The number of carbonyl (C=O) groups excluding carboxylic acids is 1. The van der Waals surface area contributed by atoms with Gasteiger partial charge in [-0.25, -0.2) is 0 Å². The van der Waals surface area contributed by atoms with Crippen LogP contribution in [0.4, 0.5) is 13.2 Å². The van der Waals surface area contributed by atoms with Crippen molar-refractivity contribution in [2.75, 3.05) is 0 Å². The van der Waals surface area contributed by atoms with Gasteiger partial charge in [0.15, 0.2) is 6.20 Å². The van der Waals surface area contributed by atoms with Gasteiger partial charge in [0.2, 0.25) is 0 Å². The van der Waals surface area contributed by atoms with Crippen LogP contribution in [0.3, 0.4) is 0 Å². The summed E-state index contributed by atoms with van der Waals surface area (Å²) in [5.74, 6) is -0.487. The van der Waals surface area contributed by atoms with Crippen LogP contribution in [0.15, 0.2) is 60.8 Å². The van der Waals surface area contributed by atoms with Gasteiger partial charge in [-0.3, -0.25) is 4.79 Å². The van der Waals surface area contributed by atoms with Crippen molar-refractivity contribution in [2.24, 2.45) is 0 Å². The number of pyridine rings is 1. The highest BCUT2D eigenvalue weighted by atomic mass is 19.4. The van der Waals surface area contributed by atoms with Gasteiger partial charge < -0.3 is 15.6 Å². The van der Waals surface area contributed by atoms with Crippen molar-refractivity contribution in [3.63, 3.8) is 0 Å². The molecular formula is C25H25F3N2O3. The number of nitrogens with one attached hydrogen (secondary N) is 1. The molecule has 1 heterocycles. The fourth-order valence-electron chi connectivity index (χ4n) is 3.36. The van der Waals surface area contributed by atoms with Crippen molar-refractivity contribution in [2.45, 2.75) is 45.5 Å². The van der Waals surface area contributed by atoms with E-state index in [0.717, 1.165) is 29.0 Å². The number of amides is 1. The lowest BCUT2D eigenvalue weighted by molar-refractivity contribution is -0.629. The molecule has 1 aromatic heterocycles. The Bertz CT molecular complexity index is 1170. The van der Waals surface area contributed by atoms with Gasteiger partial charge in [0.05, 0.1) is 11.6 Å². The second kappa shape index (κ2) is 8.86. The molecule has 1 amide bonds. The van der Waals surface area contributed by atoms with Gasteiger partial charge in [0.25, 0.3) is 11.6 Å². The Kier molecular flexibility index (Phi) is 6.51. The third-order valence-electron chi connectivity index (χ3n) is 5.36. The van der Waals surface area contributed by atoms with Gasteiger partial charge in [-0.05, 0) is 68.7 Å². The predicted octanol–water partition coefficient (Wildman–Crippen LogP) is 5.03. The summed E-state index contributed by atoms with van der Waals surface area (Å²) in [5.41, 5.74) is 1.18. The summed E-state index contributed by atoms with van der Waals surface area (Å²) in [6, 6.07) is 13.9. The van der Waals surface area contributed by atoms with Crippen molar-refractivity contribution in [3.05, 3.63) is 93.9 Å². The summed E-state index contributed by atoms with van der Waals surface area (Å²) in [6.07, 6.45) is -3.96. The molecule has 0 aliphatic carbocycles. The molecule has 3 aromatic rings. The lowest BCUT2D eigenvalue weighted by Gasteiger charge is -2.21. The smallest absolute Gasteiger partial charge is 0.478 e. The molecule has 0 bridgehead atoms. The second-order valence-electron chi connectivity index (χ2n) is 8.59. The van der Waals surface area contributed by atoms with E-state index in [0.29, 0.717) is 11.6 Å². The lowest BCUT2D eigenvalue weighted by atomic mass is 9.91. The molecule has 8 heteroatoms. The standard InChI is InChI=1S/C25H25F3N2O3/c1-15-5-7-17(8-6-15)19-11-20(13-21(12-19)24(3,4)32)23(31)29-16(2)18-9-10-22(25(26,27)28)30(33)14-18/h5-14,16,32H,1-4H3,(H,29,31)/t16-/m1/s1. The molecule has 0 spiro atoms. The summed E-state index contributed by atoms with van der Waals surface area (Å²) in [6.45, 7) is 6.76. The maximum Gasteiger partial charge on any atom is 0.478 e. The molecule has 0 fully saturated rings. The van der Waals surface area contributed by atoms with Crippen LogP contribution in [0.2, 0.25) is 0 Å². The summed E-state index contributed by atoms with van der Waals surface area (Å²) in [7, 11) is 0. The molecule has 2 N–H and O–H groups in total. The first-order valence-electron chi connectivity index (χ1n) is 10.3. The fraction of sp³-hybridized carbons (Fsp3) is 0.280. The summed E-state index contributed by atoms with van der Waals surface area (Å²) < 4.78 is 38.3. The van der Waals surface area contributed by atoms with Gasteiger partial charge in [-0.1, -0.05) is 29.8 Å². The van der Waals surface area contributed by atoms with Crippen molar-refractivity contribution >= 4 is 5.91 Å². The molecule has 0 radical (unpaired) electrons. The molecule has 0 aliphatic rings. The van der Waals surface area contributed by atoms with E-state index in [1.54, 1.807) is 39.0 Å². The average Bonchev–Trinajstić information content (AvgIpc) is 2.72. The molecule has 33 heavy (non-hydrogen) atoms. The maximum atomic E-state index is 13.0. The zero-order valence-corrected chi connectivity index (χ0v) is 18.7. The van der Waals surface area contributed by atoms with Crippen LogP contribution < -0.4 is 10.0 Å². The van der Waals surface area contributed by atoms with Crippen molar-refractivity contribution in [3.8, 4) is 11.1 Å². The topological polar surface area (TPSA) is 76.3 Å². The third kappa shape index (κ3) is 5.70. The molecule has 0 unspecified atom stereocenters. The number of aromatic nitrogens is 1. The molecular weight excluding hydrogens is 433 g/mol. The zero-order chi connectivity index (χ0) is 24.6. The predicted molar refractivity (Wildman–Crippen MR) is 118 cm³/mol. The minimum absolute atomic E-state index is 0.226. The molecule has 5 nitrogen and oxygen atoms in total. The maximum absolute atomic E-state index is 13.0. The van der Waals surface area contributed by atoms with E-state index in [-0.39, 0.29) is 15.9 Å². The number of halogens is 3. The lowest BCUT2D eigenvalue weighted by Crippen LogP contribution is -2.38. The van der Waals surface area contributed by atoms with Crippen LogP contribution in [-0.2, 0) is 11.8 Å². The highest BCUT2D eigenvalue weighted by Gasteiger charge is 2.39. The molecule has 0 saturated carbocycles. The summed E-state index contributed by atoms with van der Waals surface area (Å²) in [4.78, 5) is 13.0. The van der Waals surface area contributed by atoms with Crippen LogP contribution >= 0.6 is 0 Å². The highest BCUT2D eigenvalue weighted by Crippen LogP contribution is 2.29. The molecule has 3 rings (SSSR count). The first-order valence-corrected chi connectivity index (χ1v) is 10.3. The first-order chi connectivity index (χ1) is 15.3. The van der Waals surface area contributed by atoms with Crippen LogP contribution in [-0.4, -0.2) is 11.0 Å². The second-order valence-corrected chi connectivity index (χ2v) is 8.59. The molecule has 2 aromatic carbocycles. The van der Waals surface area contributed by atoms with Gasteiger partial charge in [-0.15, -0.1) is 0 Å². The van der Waals surface area contributed by atoms with Crippen molar-refractivity contribution in [1.82, 2.24) is 5.32 Å². The SMILES string of the molecule is Cc1ccc(-c2cc(C(=O)N[C@H](C)c3ccc(C(F)(F)F)[n+]([O-])c3)cc(C(C)(C)O)c2)cc1. The van der Waals surface area contributed by atoms with Gasteiger partial charge in [0, 0.05) is 17.2 Å². The molecule has 174 valence electrons. The van der Waals surface area contributed by atoms with Crippen molar-refractivity contribution < 1.29 is 27.8 Å². The number of benzene rings is 2. The summed E-state index contributed by atoms with van der Waals surface area (Å²) in [5, 5.41) is 25.0. The average molecular weight is 458 g/mol. The van der Waals surface area contributed by atoms with Crippen LogP contribution in [0.5, 0.6) is 0 Å². The zero-order valence-electron chi connectivity index (χ0n) is 18.7. The first kappa shape index (κ1) is 24.3. The van der Waals surface area contributed by atoms with Crippen LogP contribution in [0.1, 0.15) is 59.6 Å².